The molecule has 0 aliphatic heterocycles. The summed E-state index contributed by atoms with van der Waals surface area (Å²) in [5.74, 6) is 0.775. The number of aromatic nitrogens is 3. The smallest absolute Gasteiger partial charge is 0.543 e. The summed E-state index contributed by atoms with van der Waals surface area (Å²) in [4.78, 5) is 6.92. The van der Waals surface area contributed by atoms with Gasteiger partial charge in [0.25, 0.3) is 0 Å². The van der Waals surface area contributed by atoms with Gasteiger partial charge in [-0.05, 0) is 41.9 Å². The summed E-state index contributed by atoms with van der Waals surface area (Å²) in [7, 11) is 0. The van der Waals surface area contributed by atoms with E-state index in [1.54, 1.807) is 17.1 Å². The maximum Gasteiger partial charge on any atom is 2.00 e. The average molecular weight is 571 g/mol. The standard InChI is InChI=1S/C24H16N4O.Pt/c1-2-7-20(8-3-1)28(22-10-4-9-21(17-22)27-15-6-14-25-27)24-12-5-11-23(26-24)19-13-16-29-18-19;/h1-12,14-16,18H;/q-2;+2. The van der Waals surface area contributed by atoms with Crippen LogP contribution in [-0.2, 0) is 21.1 Å². The molecule has 30 heavy (non-hydrogen) atoms. The summed E-state index contributed by atoms with van der Waals surface area (Å²) in [5, 5.41) is 4.32. The number of para-hydroxylation sites is 1. The number of pyridine rings is 1. The van der Waals surface area contributed by atoms with E-state index in [-0.39, 0.29) is 21.1 Å². The van der Waals surface area contributed by atoms with Crippen LogP contribution >= 0.6 is 0 Å². The quantitative estimate of drug-likeness (QED) is 0.258. The molecule has 148 valence electrons. The minimum absolute atomic E-state index is 0. The molecule has 0 aliphatic rings. The Hall–Kier alpha value is -3.43. The molecule has 2 aromatic carbocycles. The van der Waals surface area contributed by atoms with E-state index in [0.29, 0.717) is 0 Å². The summed E-state index contributed by atoms with van der Waals surface area (Å²) >= 11 is 0. The van der Waals surface area contributed by atoms with E-state index < -0.39 is 0 Å². The Labute approximate surface area is 188 Å². The van der Waals surface area contributed by atoms with Crippen molar-refractivity contribution >= 4 is 17.2 Å². The second-order valence-corrected chi connectivity index (χ2v) is 6.35. The van der Waals surface area contributed by atoms with Crippen molar-refractivity contribution in [3.63, 3.8) is 0 Å². The molecule has 5 nitrogen and oxygen atoms in total. The molecule has 0 amide bonds. The van der Waals surface area contributed by atoms with E-state index in [9.17, 15) is 0 Å². The van der Waals surface area contributed by atoms with Crippen LogP contribution < -0.4 is 4.90 Å². The number of rotatable bonds is 5. The van der Waals surface area contributed by atoms with Crippen LogP contribution in [0.4, 0.5) is 17.2 Å². The number of nitrogens with zero attached hydrogens (tertiary/aromatic N) is 4. The van der Waals surface area contributed by atoms with Crippen molar-refractivity contribution < 1.29 is 25.5 Å². The van der Waals surface area contributed by atoms with Gasteiger partial charge in [-0.25, -0.2) is 0 Å². The Bertz CT molecular complexity index is 1130. The van der Waals surface area contributed by atoms with Crippen molar-refractivity contribution in [1.82, 2.24) is 14.8 Å². The summed E-state index contributed by atoms with van der Waals surface area (Å²) < 4.78 is 6.96. The largest absolute Gasteiger partial charge is 2.00 e. The van der Waals surface area contributed by atoms with Gasteiger partial charge in [0.1, 0.15) is 5.82 Å². The minimum Gasteiger partial charge on any atom is -0.543 e. The first-order chi connectivity index (χ1) is 14.4. The van der Waals surface area contributed by atoms with Crippen LogP contribution in [0.5, 0.6) is 0 Å². The normalized spacial score (nSPS) is 10.4. The number of hydrogen-bond donors (Lipinski definition) is 0. The third kappa shape index (κ3) is 3.98. The van der Waals surface area contributed by atoms with Gasteiger partial charge < -0.3 is 9.32 Å². The van der Waals surface area contributed by atoms with Gasteiger partial charge in [-0.15, -0.1) is 29.8 Å². The van der Waals surface area contributed by atoms with Crippen LogP contribution in [0.2, 0.25) is 0 Å². The molecule has 5 aromatic rings. The maximum absolute atomic E-state index is 5.17. The Balaban J connectivity index is 0.00000218. The van der Waals surface area contributed by atoms with Crippen LogP contribution in [0.1, 0.15) is 0 Å². The Morgan fingerprint density at radius 2 is 1.77 bits per heavy atom. The molecular weight excluding hydrogens is 555 g/mol. The van der Waals surface area contributed by atoms with E-state index in [0.717, 1.165) is 34.1 Å². The molecule has 0 saturated heterocycles. The first-order valence-corrected chi connectivity index (χ1v) is 9.17. The van der Waals surface area contributed by atoms with Gasteiger partial charge in [0.05, 0.1) is 0 Å². The van der Waals surface area contributed by atoms with Crippen LogP contribution in [0, 0.1) is 12.1 Å². The van der Waals surface area contributed by atoms with Gasteiger partial charge in [-0.2, -0.15) is 11.2 Å². The molecule has 3 heterocycles. The van der Waals surface area contributed by atoms with Crippen LogP contribution in [0.15, 0.2) is 102 Å². The predicted molar refractivity (Wildman–Crippen MR) is 111 cm³/mol. The van der Waals surface area contributed by atoms with E-state index in [2.05, 4.69) is 22.1 Å². The monoisotopic (exact) mass is 571 g/mol. The molecule has 0 unspecified atom stereocenters. The van der Waals surface area contributed by atoms with Crippen LogP contribution in [0.25, 0.3) is 16.9 Å². The number of furan rings is 1. The molecule has 6 heteroatoms. The molecule has 0 N–H and O–H groups in total. The summed E-state index contributed by atoms with van der Waals surface area (Å²) in [6.45, 7) is 0. The molecule has 0 saturated carbocycles. The van der Waals surface area contributed by atoms with Crippen LogP contribution in [0.3, 0.4) is 0 Å². The molecule has 0 radical (unpaired) electrons. The van der Waals surface area contributed by atoms with Gasteiger partial charge in [-0.1, -0.05) is 36.0 Å². The van der Waals surface area contributed by atoms with Gasteiger partial charge in [0, 0.05) is 24.3 Å². The average Bonchev–Trinajstić information content (AvgIpc) is 3.50. The van der Waals surface area contributed by atoms with Crippen molar-refractivity contribution in [2.24, 2.45) is 0 Å². The van der Waals surface area contributed by atoms with Gasteiger partial charge >= 0.3 is 21.1 Å². The number of benzene rings is 2. The van der Waals surface area contributed by atoms with Crippen LogP contribution in [-0.4, -0.2) is 14.8 Å². The SMILES string of the molecule is [Pt+2].[c-]1cocc1-c1cccc(N(c2[c-]c(-n3cccn3)ccc2)c2ccccc2)n1. The zero-order valence-corrected chi connectivity index (χ0v) is 18.0. The van der Waals surface area contributed by atoms with Crippen molar-refractivity contribution in [1.29, 1.82) is 0 Å². The van der Waals surface area contributed by atoms with Crippen molar-refractivity contribution in [3.05, 3.63) is 110 Å². The molecule has 0 atom stereocenters. The number of anilines is 3. The maximum atomic E-state index is 5.17. The van der Waals surface area contributed by atoms with E-state index in [1.807, 2.05) is 79.0 Å². The first-order valence-electron chi connectivity index (χ1n) is 9.17. The van der Waals surface area contributed by atoms with Gasteiger partial charge in [0.15, 0.2) is 0 Å². The van der Waals surface area contributed by atoms with Gasteiger partial charge in [0.2, 0.25) is 0 Å². The first kappa shape index (κ1) is 19.9. The molecule has 0 bridgehead atoms. The molecule has 0 fully saturated rings. The summed E-state index contributed by atoms with van der Waals surface area (Å²) in [6, 6.07) is 30.4. The Morgan fingerprint density at radius 1 is 0.900 bits per heavy atom. The van der Waals surface area contributed by atoms with E-state index >= 15 is 0 Å². The fraction of sp³-hybridized carbons (Fsp3) is 0. The molecule has 3 aromatic heterocycles. The van der Waals surface area contributed by atoms with E-state index in [4.69, 9.17) is 9.40 Å². The van der Waals surface area contributed by atoms with Crippen molar-refractivity contribution in [3.8, 4) is 16.9 Å². The second kappa shape index (κ2) is 8.93. The molecule has 0 spiro atoms. The molecule has 0 aliphatic carbocycles. The summed E-state index contributed by atoms with van der Waals surface area (Å²) in [6.07, 6.45) is 6.82. The zero-order valence-electron chi connectivity index (χ0n) is 15.8. The van der Waals surface area contributed by atoms with Crippen molar-refractivity contribution in [2.75, 3.05) is 4.90 Å². The molecular formula is C24H16N4OPt. The predicted octanol–water partition coefficient (Wildman–Crippen LogP) is 5.59. The minimum atomic E-state index is 0. The fourth-order valence-corrected chi connectivity index (χ4v) is 3.16. The fourth-order valence-electron chi connectivity index (χ4n) is 3.16. The third-order valence-corrected chi connectivity index (χ3v) is 4.48. The molecule has 5 rings (SSSR count). The van der Waals surface area contributed by atoms with Crippen molar-refractivity contribution in [2.45, 2.75) is 0 Å². The van der Waals surface area contributed by atoms with E-state index in [1.165, 1.54) is 6.26 Å². The summed E-state index contributed by atoms with van der Waals surface area (Å²) in [5.41, 5.74) is 4.31. The Morgan fingerprint density at radius 3 is 2.53 bits per heavy atom. The van der Waals surface area contributed by atoms with Gasteiger partial charge in [-0.3, -0.25) is 9.67 Å². The zero-order chi connectivity index (χ0) is 19.5. The topological polar surface area (TPSA) is 47.1 Å². The third-order valence-electron chi connectivity index (χ3n) is 4.48. The Kier molecular flexibility index (Phi) is 5.91. The second-order valence-electron chi connectivity index (χ2n) is 6.35. The number of hydrogen-bond acceptors (Lipinski definition) is 4.